The molecule has 5 N–H and O–H groups in total. The molecule has 1 amide bonds. The van der Waals surface area contributed by atoms with Gasteiger partial charge in [-0.25, -0.2) is 9.59 Å². The second kappa shape index (κ2) is 5.45. The number of aromatic nitrogens is 2. The molecular weight excluding hydrogens is 274 g/mol. The fourth-order valence-corrected chi connectivity index (χ4v) is 1.89. The minimum Gasteiger partial charge on any atom is -0.447 e. The second-order valence-electron chi connectivity index (χ2n) is 4.19. The molecule has 1 aromatic rings. The van der Waals surface area contributed by atoms with Gasteiger partial charge in [0.2, 0.25) is 0 Å². The first-order valence-electron chi connectivity index (χ1n) is 5.65. The van der Waals surface area contributed by atoms with Gasteiger partial charge < -0.3 is 25.4 Å². The topological polar surface area (TPSA) is 157 Å². The normalized spacial score (nSPS) is 29.3. The van der Waals surface area contributed by atoms with E-state index in [4.69, 9.17) is 10.5 Å². The summed E-state index contributed by atoms with van der Waals surface area (Å²) < 4.78 is 10.6. The van der Waals surface area contributed by atoms with Crippen molar-refractivity contribution in [1.29, 1.82) is 0 Å². The Morgan fingerprint density at radius 2 is 2.15 bits per heavy atom. The third-order valence-electron chi connectivity index (χ3n) is 2.85. The van der Waals surface area contributed by atoms with Gasteiger partial charge in [-0.1, -0.05) is 0 Å². The molecule has 20 heavy (non-hydrogen) atoms. The first-order valence-corrected chi connectivity index (χ1v) is 5.65. The lowest BCUT2D eigenvalue weighted by Gasteiger charge is -2.16. The van der Waals surface area contributed by atoms with Crippen molar-refractivity contribution in [3.63, 3.8) is 0 Å². The highest BCUT2D eigenvalue weighted by atomic mass is 16.6. The third kappa shape index (κ3) is 2.71. The minimum atomic E-state index is -1.43. The number of rotatable bonds is 3. The summed E-state index contributed by atoms with van der Waals surface area (Å²) in [4.78, 5) is 35.0. The number of hydrogen-bond acceptors (Lipinski definition) is 7. The number of carbonyl (C=O) groups excluding carboxylic acids is 1. The van der Waals surface area contributed by atoms with Gasteiger partial charge in [0.05, 0.1) is 0 Å². The summed E-state index contributed by atoms with van der Waals surface area (Å²) in [6.07, 6.45) is -4.99. The molecule has 0 radical (unpaired) electrons. The Morgan fingerprint density at radius 3 is 2.75 bits per heavy atom. The average Bonchev–Trinajstić information content (AvgIpc) is 2.64. The van der Waals surface area contributed by atoms with Crippen LogP contribution in [-0.4, -0.2) is 50.8 Å². The Hall–Kier alpha value is -2.17. The lowest BCUT2D eigenvalue weighted by molar-refractivity contribution is -0.0563. The van der Waals surface area contributed by atoms with E-state index in [1.54, 1.807) is 0 Å². The molecule has 1 aromatic heterocycles. The highest BCUT2D eigenvalue weighted by molar-refractivity contribution is 5.64. The van der Waals surface area contributed by atoms with Gasteiger partial charge in [0, 0.05) is 12.3 Å². The number of amides is 1. The Bertz CT molecular complexity index is 609. The predicted octanol–water partition coefficient (Wildman–Crippen LogP) is -2.75. The van der Waals surface area contributed by atoms with E-state index in [0.717, 1.165) is 16.8 Å². The summed E-state index contributed by atoms with van der Waals surface area (Å²) in [7, 11) is 0. The molecule has 2 heterocycles. The molecule has 10 heteroatoms. The van der Waals surface area contributed by atoms with Crippen LogP contribution in [-0.2, 0) is 9.47 Å². The van der Waals surface area contributed by atoms with Crippen molar-refractivity contribution < 1.29 is 24.5 Å². The van der Waals surface area contributed by atoms with Gasteiger partial charge in [-0.15, -0.1) is 0 Å². The van der Waals surface area contributed by atoms with Gasteiger partial charge in [-0.2, -0.15) is 0 Å². The molecule has 1 saturated heterocycles. The molecule has 0 aromatic carbocycles. The fraction of sp³-hybridized carbons (Fsp3) is 0.500. The van der Waals surface area contributed by atoms with E-state index in [1.165, 1.54) is 0 Å². The van der Waals surface area contributed by atoms with Gasteiger partial charge in [-0.05, 0) is 0 Å². The summed E-state index contributed by atoms with van der Waals surface area (Å²) in [6, 6.07) is 1.07. The van der Waals surface area contributed by atoms with Crippen molar-refractivity contribution in [3.8, 4) is 0 Å². The molecule has 4 unspecified atom stereocenters. The third-order valence-corrected chi connectivity index (χ3v) is 2.85. The smallest absolute Gasteiger partial charge is 0.404 e. The minimum absolute atomic E-state index is 0.373. The zero-order chi connectivity index (χ0) is 14.9. The first kappa shape index (κ1) is 14.2. The van der Waals surface area contributed by atoms with E-state index >= 15 is 0 Å². The summed E-state index contributed by atoms with van der Waals surface area (Å²) in [6.45, 7) is -0.373. The van der Waals surface area contributed by atoms with Crippen molar-refractivity contribution in [2.24, 2.45) is 5.73 Å². The summed E-state index contributed by atoms with van der Waals surface area (Å²) >= 11 is 0. The SMILES string of the molecule is NC(=O)OCC1OC(n2ccc(=O)[nH]c2=O)C(O)C1O. The Balaban J connectivity index is 2.19. The molecule has 0 bridgehead atoms. The molecule has 0 aliphatic carbocycles. The van der Waals surface area contributed by atoms with Gasteiger partial charge in [0.15, 0.2) is 6.23 Å². The lowest BCUT2D eigenvalue weighted by Crippen LogP contribution is -2.37. The van der Waals surface area contributed by atoms with Crippen LogP contribution in [0.15, 0.2) is 21.9 Å². The Kier molecular flexibility index (Phi) is 3.88. The van der Waals surface area contributed by atoms with Gasteiger partial charge >= 0.3 is 11.8 Å². The fourth-order valence-electron chi connectivity index (χ4n) is 1.89. The predicted molar refractivity (Wildman–Crippen MR) is 62.8 cm³/mol. The van der Waals surface area contributed by atoms with Crippen LogP contribution in [0.25, 0.3) is 0 Å². The number of hydrogen-bond donors (Lipinski definition) is 4. The van der Waals surface area contributed by atoms with E-state index in [9.17, 15) is 24.6 Å². The Labute approximate surface area is 111 Å². The number of nitrogens with two attached hydrogens (primary N) is 1. The van der Waals surface area contributed by atoms with Crippen molar-refractivity contribution in [1.82, 2.24) is 9.55 Å². The van der Waals surface area contributed by atoms with Gasteiger partial charge in [0.25, 0.3) is 5.56 Å². The zero-order valence-electron chi connectivity index (χ0n) is 10.1. The lowest BCUT2D eigenvalue weighted by atomic mass is 10.1. The van der Waals surface area contributed by atoms with Crippen LogP contribution in [0, 0.1) is 0 Å². The van der Waals surface area contributed by atoms with Crippen LogP contribution in [0.2, 0.25) is 0 Å². The first-order chi connectivity index (χ1) is 9.40. The van der Waals surface area contributed by atoms with Crippen molar-refractivity contribution in [2.75, 3.05) is 6.61 Å². The van der Waals surface area contributed by atoms with Gasteiger partial charge in [0.1, 0.15) is 24.9 Å². The largest absolute Gasteiger partial charge is 0.447 e. The monoisotopic (exact) mass is 287 g/mol. The number of primary amides is 1. The van der Waals surface area contributed by atoms with Crippen molar-refractivity contribution in [2.45, 2.75) is 24.5 Å². The average molecular weight is 287 g/mol. The van der Waals surface area contributed by atoms with Crippen LogP contribution in [0.3, 0.4) is 0 Å². The van der Waals surface area contributed by atoms with E-state index in [2.05, 4.69) is 4.74 Å². The number of aliphatic hydroxyl groups excluding tert-OH is 2. The molecule has 4 atom stereocenters. The highest BCUT2D eigenvalue weighted by Crippen LogP contribution is 2.28. The molecule has 0 spiro atoms. The number of H-pyrrole nitrogens is 1. The number of nitrogens with zero attached hydrogens (tertiary/aromatic N) is 1. The number of carbonyl (C=O) groups is 1. The van der Waals surface area contributed by atoms with Crippen LogP contribution in [0.5, 0.6) is 0 Å². The summed E-state index contributed by atoms with van der Waals surface area (Å²) in [5, 5.41) is 19.6. The van der Waals surface area contributed by atoms with E-state index in [1.807, 2.05) is 4.98 Å². The maximum absolute atomic E-state index is 11.6. The molecule has 1 aliphatic rings. The quantitative estimate of drug-likeness (QED) is 0.469. The van der Waals surface area contributed by atoms with Crippen LogP contribution in [0.1, 0.15) is 6.23 Å². The number of nitrogens with one attached hydrogen (secondary N) is 1. The zero-order valence-corrected chi connectivity index (χ0v) is 10.1. The van der Waals surface area contributed by atoms with E-state index < -0.39 is 41.9 Å². The molecule has 1 aliphatic heterocycles. The van der Waals surface area contributed by atoms with E-state index in [-0.39, 0.29) is 6.61 Å². The van der Waals surface area contributed by atoms with Crippen molar-refractivity contribution in [3.05, 3.63) is 33.1 Å². The van der Waals surface area contributed by atoms with Crippen LogP contribution < -0.4 is 17.0 Å². The van der Waals surface area contributed by atoms with Gasteiger partial charge in [-0.3, -0.25) is 14.3 Å². The molecule has 0 saturated carbocycles. The number of aromatic amines is 1. The Morgan fingerprint density at radius 1 is 1.45 bits per heavy atom. The molecular formula is C10H13N3O7. The summed E-state index contributed by atoms with van der Waals surface area (Å²) in [5.74, 6) is 0. The molecule has 1 fully saturated rings. The number of aliphatic hydroxyl groups is 2. The molecule has 2 rings (SSSR count). The summed E-state index contributed by atoms with van der Waals surface area (Å²) in [5.41, 5.74) is 3.38. The molecule has 110 valence electrons. The highest BCUT2D eigenvalue weighted by Gasteiger charge is 2.44. The van der Waals surface area contributed by atoms with Crippen molar-refractivity contribution >= 4 is 6.09 Å². The number of ether oxygens (including phenoxy) is 2. The van der Waals surface area contributed by atoms with Crippen LogP contribution in [0.4, 0.5) is 4.79 Å². The second-order valence-corrected chi connectivity index (χ2v) is 4.19. The van der Waals surface area contributed by atoms with E-state index in [0.29, 0.717) is 0 Å². The standard InChI is InChI=1S/C10H13N3O7/c11-9(17)19-3-4-6(15)7(16)8(20-4)13-2-1-5(14)12-10(13)18/h1-2,4,6-8,15-16H,3H2,(H2,11,17)(H,12,14,18). The van der Waals surface area contributed by atoms with Crippen LogP contribution >= 0.6 is 0 Å². The maximum atomic E-state index is 11.6. The maximum Gasteiger partial charge on any atom is 0.404 e. The molecule has 10 nitrogen and oxygen atoms in total.